The minimum atomic E-state index is 0.229. The number of aromatic nitrogens is 3. The monoisotopic (exact) mass is 516 g/mol. The summed E-state index contributed by atoms with van der Waals surface area (Å²) in [5.41, 5.74) is 3.36. The molecule has 9 heteroatoms. The molecule has 0 amide bonds. The van der Waals surface area contributed by atoms with Gasteiger partial charge in [0.15, 0.2) is 0 Å². The van der Waals surface area contributed by atoms with Crippen molar-refractivity contribution in [1.82, 2.24) is 29.2 Å². The summed E-state index contributed by atoms with van der Waals surface area (Å²) in [6.07, 6.45) is 1.78. The highest BCUT2D eigenvalue weighted by molar-refractivity contribution is 5.77. The van der Waals surface area contributed by atoms with E-state index in [1.807, 2.05) is 0 Å². The molecule has 1 aromatic carbocycles. The van der Waals surface area contributed by atoms with Crippen molar-refractivity contribution in [1.29, 1.82) is 5.26 Å². The zero-order chi connectivity index (χ0) is 26.5. The van der Waals surface area contributed by atoms with E-state index < -0.39 is 0 Å². The zero-order valence-corrected chi connectivity index (χ0v) is 23.0. The topological polar surface area (TPSA) is 76.7 Å². The SMILES string of the molecule is CC(C)Cn1c(CN2CCN(c3ccc(OCCN4CCN(C)CC4)cc3)CC2)cc2cnc(C#N)nc21. The highest BCUT2D eigenvalue weighted by Gasteiger charge is 2.21. The van der Waals surface area contributed by atoms with Crippen LogP contribution in [-0.4, -0.2) is 102 Å². The van der Waals surface area contributed by atoms with E-state index in [9.17, 15) is 5.26 Å². The van der Waals surface area contributed by atoms with Crippen LogP contribution in [0.5, 0.6) is 5.75 Å². The van der Waals surface area contributed by atoms with Gasteiger partial charge in [0.2, 0.25) is 5.82 Å². The Kier molecular flexibility index (Phi) is 8.42. The van der Waals surface area contributed by atoms with Gasteiger partial charge >= 0.3 is 0 Å². The van der Waals surface area contributed by atoms with Crippen LogP contribution in [0.25, 0.3) is 11.0 Å². The van der Waals surface area contributed by atoms with Gasteiger partial charge in [-0.3, -0.25) is 9.80 Å². The molecule has 0 unspecified atom stereocenters. The fourth-order valence-electron chi connectivity index (χ4n) is 5.36. The minimum absolute atomic E-state index is 0.229. The maximum absolute atomic E-state index is 9.26. The number of hydrogen-bond acceptors (Lipinski definition) is 8. The second kappa shape index (κ2) is 12.1. The largest absolute Gasteiger partial charge is 0.492 e. The highest BCUT2D eigenvalue weighted by atomic mass is 16.5. The zero-order valence-electron chi connectivity index (χ0n) is 23.0. The number of fused-ring (bicyclic) bond motifs is 1. The van der Waals surface area contributed by atoms with Crippen molar-refractivity contribution < 1.29 is 4.74 Å². The molecule has 0 aliphatic carbocycles. The summed E-state index contributed by atoms with van der Waals surface area (Å²) in [6.45, 7) is 16.4. The molecular formula is C29H40N8O. The Morgan fingerprint density at radius 2 is 1.68 bits per heavy atom. The lowest BCUT2D eigenvalue weighted by Gasteiger charge is -2.36. The Balaban J connectivity index is 1.13. The molecular weight excluding hydrogens is 476 g/mol. The summed E-state index contributed by atoms with van der Waals surface area (Å²) in [7, 11) is 2.19. The molecule has 2 aliphatic heterocycles. The molecule has 0 bridgehead atoms. The predicted molar refractivity (Wildman–Crippen MR) is 150 cm³/mol. The standard InChI is InChI=1S/C29H40N8O/c1-23(2)21-37-26(18-24-20-31-28(19-30)32-29(24)37)22-35-12-14-36(15-13-35)25-4-6-27(7-5-25)38-17-16-34-10-8-33(3)9-11-34/h4-7,18,20,23H,8-17,21-22H2,1-3H3. The summed E-state index contributed by atoms with van der Waals surface area (Å²) in [5.74, 6) is 1.66. The van der Waals surface area contributed by atoms with E-state index in [2.05, 4.69) is 91.4 Å². The molecule has 2 saturated heterocycles. The van der Waals surface area contributed by atoms with Crippen LogP contribution in [0.3, 0.4) is 0 Å². The normalized spacial score (nSPS) is 17.8. The number of hydrogen-bond donors (Lipinski definition) is 0. The maximum Gasteiger partial charge on any atom is 0.234 e. The molecule has 0 radical (unpaired) electrons. The first-order valence-electron chi connectivity index (χ1n) is 13.8. The van der Waals surface area contributed by atoms with Crippen molar-refractivity contribution in [3.8, 4) is 11.8 Å². The third-order valence-corrected chi connectivity index (χ3v) is 7.60. The van der Waals surface area contributed by atoms with Gasteiger partial charge in [-0.05, 0) is 43.3 Å². The van der Waals surface area contributed by atoms with Crippen molar-refractivity contribution in [2.24, 2.45) is 5.92 Å². The highest BCUT2D eigenvalue weighted by Crippen LogP contribution is 2.24. The maximum atomic E-state index is 9.26. The quantitative estimate of drug-likeness (QED) is 0.430. The number of nitrogens with zero attached hydrogens (tertiary/aromatic N) is 8. The molecule has 3 aromatic rings. The molecule has 2 aromatic heterocycles. The van der Waals surface area contributed by atoms with E-state index in [1.165, 1.54) is 11.4 Å². The number of benzene rings is 1. The van der Waals surface area contributed by atoms with E-state index >= 15 is 0 Å². The molecule has 38 heavy (non-hydrogen) atoms. The van der Waals surface area contributed by atoms with E-state index in [-0.39, 0.29) is 5.82 Å². The van der Waals surface area contributed by atoms with Crippen LogP contribution in [-0.2, 0) is 13.1 Å². The molecule has 4 heterocycles. The summed E-state index contributed by atoms with van der Waals surface area (Å²) >= 11 is 0. The van der Waals surface area contributed by atoms with Gasteiger partial charge in [-0.15, -0.1) is 0 Å². The molecule has 2 fully saturated rings. The number of ether oxygens (including phenoxy) is 1. The Labute approximate surface area is 226 Å². The van der Waals surface area contributed by atoms with Gasteiger partial charge in [0, 0.05) is 95.0 Å². The van der Waals surface area contributed by atoms with Crippen LogP contribution in [0.2, 0.25) is 0 Å². The summed E-state index contributed by atoms with van der Waals surface area (Å²) in [4.78, 5) is 18.5. The number of anilines is 1. The van der Waals surface area contributed by atoms with E-state index in [0.29, 0.717) is 5.92 Å². The van der Waals surface area contributed by atoms with Crippen LogP contribution >= 0.6 is 0 Å². The lowest BCUT2D eigenvalue weighted by Crippen LogP contribution is -2.46. The van der Waals surface area contributed by atoms with Gasteiger partial charge in [-0.2, -0.15) is 5.26 Å². The van der Waals surface area contributed by atoms with Crippen molar-refractivity contribution >= 4 is 16.7 Å². The Morgan fingerprint density at radius 3 is 2.37 bits per heavy atom. The average Bonchev–Trinajstić information content (AvgIpc) is 3.26. The average molecular weight is 517 g/mol. The molecule has 0 saturated carbocycles. The first kappa shape index (κ1) is 26.4. The third-order valence-electron chi connectivity index (χ3n) is 7.60. The molecule has 5 rings (SSSR count). The second-order valence-corrected chi connectivity index (χ2v) is 11.0. The van der Waals surface area contributed by atoms with E-state index in [4.69, 9.17) is 4.74 Å². The molecule has 0 N–H and O–H groups in total. The first-order chi connectivity index (χ1) is 18.5. The minimum Gasteiger partial charge on any atom is -0.492 e. The Morgan fingerprint density at radius 1 is 0.974 bits per heavy atom. The van der Waals surface area contributed by atoms with Gasteiger partial charge < -0.3 is 19.1 Å². The Hall–Kier alpha value is -3.19. The van der Waals surface area contributed by atoms with Gasteiger partial charge in [-0.25, -0.2) is 9.97 Å². The van der Waals surface area contributed by atoms with Crippen LogP contribution < -0.4 is 9.64 Å². The van der Waals surface area contributed by atoms with Crippen LogP contribution in [0.1, 0.15) is 25.4 Å². The van der Waals surface area contributed by atoms with Crippen molar-refractivity contribution in [2.75, 3.05) is 77.5 Å². The summed E-state index contributed by atoms with van der Waals surface area (Å²) in [5, 5.41) is 10.3. The molecule has 0 spiro atoms. The molecule has 9 nitrogen and oxygen atoms in total. The number of piperazine rings is 2. The van der Waals surface area contributed by atoms with Crippen LogP contribution in [0.15, 0.2) is 36.5 Å². The van der Waals surface area contributed by atoms with E-state index in [0.717, 1.165) is 95.4 Å². The predicted octanol–water partition coefficient (Wildman–Crippen LogP) is 2.91. The summed E-state index contributed by atoms with van der Waals surface area (Å²) in [6, 6.07) is 12.8. The Bertz CT molecular complexity index is 1230. The van der Waals surface area contributed by atoms with E-state index in [1.54, 1.807) is 6.20 Å². The van der Waals surface area contributed by atoms with Gasteiger partial charge in [0.1, 0.15) is 24.1 Å². The van der Waals surface area contributed by atoms with Gasteiger partial charge in [0.25, 0.3) is 0 Å². The van der Waals surface area contributed by atoms with Gasteiger partial charge in [0.05, 0.1) is 0 Å². The fourth-order valence-corrected chi connectivity index (χ4v) is 5.36. The summed E-state index contributed by atoms with van der Waals surface area (Å²) < 4.78 is 8.30. The lowest BCUT2D eigenvalue weighted by molar-refractivity contribution is 0.134. The van der Waals surface area contributed by atoms with Crippen molar-refractivity contribution in [2.45, 2.75) is 26.9 Å². The number of likely N-dealkylation sites (N-methyl/N-ethyl adjacent to an activating group) is 1. The number of nitriles is 1. The van der Waals surface area contributed by atoms with Crippen LogP contribution in [0, 0.1) is 17.2 Å². The van der Waals surface area contributed by atoms with Gasteiger partial charge in [-0.1, -0.05) is 13.8 Å². The second-order valence-electron chi connectivity index (χ2n) is 11.0. The molecule has 202 valence electrons. The first-order valence-corrected chi connectivity index (χ1v) is 13.8. The fraction of sp³-hybridized carbons (Fsp3) is 0.552. The number of rotatable bonds is 9. The molecule has 0 atom stereocenters. The lowest BCUT2D eigenvalue weighted by atomic mass is 10.2. The van der Waals surface area contributed by atoms with Crippen molar-refractivity contribution in [3.05, 3.63) is 48.0 Å². The van der Waals surface area contributed by atoms with Crippen LogP contribution in [0.4, 0.5) is 5.69 Å². The molecule has 2 aliphatic rings. The third kappa shape index (κ3) is 6.44. The smallest absolute Gasteiger partial charge is 0.234 e. The van der Waals surface area contributed by atoms with Crippen molar-refractivity contribution in [3.63, 3.8) is 0 Å².